The Morgan fingerprint density at radius 1 is 1.35 bits per heavy atom. The molecule has 0 aliphatic carbocycles. The average Bonchev–Trinajstić information content (AvgIpc) is 2.43. The molecular weight excluding hydrogens is 336 g/mol. The molecule has 1 aromatic heterocycles. The fourth-order valence-corrected chi connectivity index (χ4v) is 2.90. The van der Waals surface area contributed by atoms with Crippen molar-refractivity contribution in [2.45, 2.75) is 26.2 Å². The van der Waals surface area contributed by atoms with E-state index in [1.54, 1.807) is 7.11 Å². The molecule has 106 valence electrons. The van der Waals surface area contributed by atoms with Crippen molar-refractivity contribution in [2.24, 2.45) is 0 Å². The van der Waals surface area contributed by atoms with Crippen molar-refractivity contribution < 1.29 is 4.74 Å². The van der Waals surface area contributed by atoms with Crippen molar-refractivity contribution in [2.75, 3.05) is 7.11 Å². The summed E-state index contributed by atoms with van der Waals surface area (Å²) in [4.78, 5) is 7.82. The van der Waals surface area contributed by atoms with Gasteiger partial charge in [-0.2, -0.15) is 0 Å². The number of methoxy groups -OCH3 is 1. The third-order valence-corrected chi connectivity index (χ3v) is 4.43. The molecule has 0 aliphatic rings. The highest BCUT2D eigenvalue weighted by molar-refractivity contribution is 9.10. The van der Waals surface area contributed by atoms with Crippen molar-refractivity contribution in [1.82, 2.24) is 9.97 Å². The number of H-pyrrole nitrogens is 1. The quantitative estimate of drug-likeness (QED) is 0.815. The third-order valence-electron chi connectivity index (χ3n) is 3.07. The monoisotopic (exact) mass is 352 g/mol. The van der Waals surface area contributed by atoms with Crippen molar-refractivity contribution in [1.29, 1.82) is 0 Å². The maximum Gasteiger partial charge on any atom is 0.144 e. The standard InChI is InChI=1S/C15H17BrN2OS/c1-9(2)14-13(16)15(20)18-12(17-14)8-10-6-4-5-7-11(10)19-3/h4-7,9H,8H2,1-3H3,(H,17,18,20). The topological polar surface area (TPSA) is 37.9 Å². The smallest absolute Gasteiger partial charge is 0.144 e. The second kappa shape index (κ2) is 6.50. The van der Waals surface area contributed by atoms with Crippen LogP contribution in [0.1, 0.15) is 36.8 Å². The van der Waals surface area contributed by atoms with E-state index in [1.165, 1.54) is 0 Å². The maximum absolute atomic E-state index is 5.37. The van der Waals surface area contributed by atoms with E-state index in [9.17, 15) is 0 Å². The molecule has 0 aliphatic heterocycles. The van der Waals surface area contributed by atoms with Crippen LogP contribution in [0.2, 0.25) is 0 Å². The zero-order chi connectivity index (χ0) is 14.7. The van der Waals surface area contributed by atoms with Crippen molar-refractivity contribution >= 4 is 28.1 Å². The number of hydrogen-bond donors (Lipinski definition) is 1. The molecule has 0 fully saturated rings. The number of ether oxygens (including phenoxy) is 1. The largest absolute Gasteiger partial charge is 0.496 e. The molecule has 0 unspecified atom stereocenters. The van der Waals surface area contributed by atoms with Crippen molar-refractivity contribution in [3.8, 4) is 5.75 Å². The summed E-state index contributed by atoms with van der Waals surface area (Å²) in [6.45, 7) is 4.25. The zero-order valence-corrected chi connectivity index (χ0v) is 14.1. The highest BCUT2D eigenvalue weighted by Gasteiger charge is 2.11. The number of rotatable bonds is 4. The molecule has 0 saturated heterocycles. The molecule has 0 atom stereocenters. The van der Waals surface area contributed by atoms with E-state index in [2.05, 4.69) is 39.7 Å². The summed E-state index contributed by atoms with van der Waals surface area (Å²) in [5.74, 6) is 2.07. The first-order valence-electron chi connectivity index (χ1n) is 6.43. The normalized spacial score (nSPS) is 10.8. The van der Waals surface area contributed by atoms with E-state index in [1.807, 2.05) is 24.3 Å². The minimum Gasteiger partial charge on any atom is -0.496 e. The van der Waals surface area contributed by atoms with E-state index in [4.69, 9.17) is 17.0 Å². The molecule has 0 radical (unpaired) electrons. The molecule has 3 nitrogen and oxygen atoms in total. The number of aromatic amines is 1. The number of nitrogens with zero attached hydrogens (tertiary/aromatic N) is 1. The predicted molar refractivity (Wildman–Crippen MR) is 87.0 cm³/mol. The number of hydrogen-bond acceptors (Lipinski definition) is 3. The van der Waals surface area contributed by atoms with E-state index >= 15 is 0 Å². The van der Waals surface area contributed by atoms with Crippen LogP contribution >= 0.6 is 28.1 Å². The first-order valence-corrected chi connectivity index (χ1v) is 7.63. The second-order valence-electron chi connectivity index (χ2n) is 4.86. The molecule has 0 amide bonds. The lowest BCUT2D eigenvalue weighted by atomic mass is 10.1. The van der Waals surface area contributed by atoms with E-state index in [-0.39, 0.29) is 0 Å². The van der Waals surface area contributed by atoms with Crippen LogP contribution in [0.15, 0.2) is 28.7 Å². The van der Waals surface area contributed by atoms with Gasteiger partial charge >= 0.3 is 0 Å². The Kier molecular flexibility index (Phi) is 4.94. The fraction of sp³-hybridized carbons (Fsp3) is 0.333. The van der Waals surface area contributed by atoms with Crippen LogP contribution in [0.4, 0.5) is 0 Å². The zero-order valence-electron chi connectivity index (χ0n) is 11.7. The molecule has 1 N–H and O–H groups in total. The van der Waals surface area contributed by atoms with Crippen molar-refractivity contribution in [3.05, 3.63) is 50.5 Å². The van der Waals surface area contributed by atoms with Gasteiger partial charge in [-0.05, 0) is 27.9 Å². The summed E-state index contributed by atoms with van der Waals surface area (Å²) in [5.41, 5.74) is 2.17. The Morgan fingerprint density at radius 2 is 2.05 bits per heavy atom. The average molecular weight is 353 g/mol. The van der Waals surface area contributed by atoms with Gasteiger partial charge in [0.2, 0.25) is 0 Å². The molecule has 0 saturated carbocycles. The van der Waals surface area contributed by atoms with Gasteiger partial charge in [0.15, 0.2) is 0 Å². The van der Waals surface area contributed by atoms with Gasteiger partial charge in [-0.1, -0.05) is 44.3 Å². The van der Waals surface area contributed by atoms with Crippen LogP contribution in [-0.4, -0.2) is 17.1 Å². The highest BCUT2D eigenvalue weighted by Crippen LogP contribution is 2.25. The molecule has 2 aromatic rings. The maximum atomic E-state index is 5.37. The molecule has 1 aromatic carbocycles. The second-order valence-corrected chi connectivity index (χ2v) is 6.04. The summed E-state index contributed by atoms with van der Waals surface area (Å²) in [6.07, 6.45) is 0.667. The number of para-hydroxylation sites is 1. The van der Waals surface area contributed by atoms with Crippen molar-refractivity contribution in [3.63, 3.8) is 0 Å². The Morgan fingerprint density at radius 3 is 2.70 bits per heavy atom. The molecule has 5 heteroatoms. The lowest BCUT2D eigenvalue weighted by molar-refractivity contribution is 0.410. The van der Waals surface area contributed by atoms with Crippen LogP contribution in [-0.2, 0) is 6.42 Å². The van der Waals surface area contributed by atoms with Crippen LogP contribution in [0.25, 0.3) is 0 Å². The fourth-order valence-electron chi connectivity index (χ4n) is 2.04. The van der Waals surface area contributed by atoms with Gasteiger partial charge < -0.3 is 9.72 Å². The minimum absolute atomic E-state index is 0.352. The molecule has 1 heterocycles. The van der Waals surface area contributed by atoms with Crippen LogP contribution < -0.4 is 4.74 Å². The van der Waals surface area contributed by atoms with Gasteiger partial charge in [0.1, 0.15) is 16.2 Å². The minimum atomic E-state index is 0.352. The number of halogens is 1. The van der Waals surface area contributed by atoms with Gasteiger partial charge in [-0.15, -0.1) is 0 Å². The summed E-state index contributed by atoms with van der Waals surface area (Å²) < 4.78 is 6.85. The van der Waals surface area contributed by atoms with Gasteiger partial charge in [-0.3, -0.25) is 0 Å². The molecule has 0 spiro atoms. The molecule has 20 heavy (non-hydrogen) atoms. The van der Waals surface area contributed by atoms with E-state index in [0.717, 1.165) is 27.3 Å². The van der Waals surface area contributed by atoms with E-state index in [0.29, 0.717) is 17.0 Å². The summed E-state index contributed by atoms with van der Waals surface area (Å²) >= 11 is 8.82. The summed E-state index contributed by atoms with van der Waals surface area (Å²) in [5, 5.41) is 0. The van der Waals surface area contributed by atoms with Gasteiger partial charge in [0.05, 0.1) is 11.6 Å². The Balaban J connectivity index is 2.42. The number of aromatic nitrogens is 2. The third kappa shape index (κ3) is 3.27. The Labute approximate surface area is 132 Å². The first-order chi connectivity index (χ1) is 9.52. The SMILES string of the molecule is COc1ccccc1Cc1nc(=S)c(Br)c(C(C)C)[nH]1. The lowest BCUT2D eigenvalue weighted by Crippen LogP contribution is -2.05. The Bertz CT molecular complexity index is 667. The predicted octanol–water partition coefficient (Wildman–Crippen LogP) is 4.62. The van der Waals surface area contributed by atoms with Gasteiger partial charge in [0, 0.05) is 17.7 Å². The summed E-state index contributed by atoms with van der Waals surface area (Å²) in [6, 6.07) is 7.94. The Hall–Kier alpha value is -1.20. The van der Waals surface area contributed by atoms with Gasteiger partial charge in [0.25, 0.3) is 0 Å². The number of benzene rings is 1. The van der Waals surface area contributed by atoms with Crippen LogP contribution in [0.5, 0.6) is 5.75 Å². The summed E-state index contributed by atoms with van der Waals surface area (Å²) in [7, 11) is 1.68. The molecule has 0 bridgehead atoms. The first kappa shape index (κ1) is 15.2. The van der Waals surface area contributed by atoms with E-state index < -0.39 is 0 Å². The number of nitrogens with one attached hydrogen (secondary N) is 1. The lowest BCUT2D eigenvalue weighted by Gasteiger charge is -2.12. The van der Waals surface area contributed by atoms with Crippen LogP contribution in [0.3, 0.4) is 0 Å². The molecular formula is C15H17BrN2OS. The van der Waals surface area contributed by atoms with Gasteiger partial charge in [-0.25, -0.2) is 4.98 Å². The highest BCUT2D eigenvalue weighted by atomic mass is 79.9. The van der Waals surface area contributed by atoms with Crippen LogP contribution in [0, 0.1) is 4.64 Å². The molecule has 2 rings (SSSR count).